The summed E-state index contributed by atoms with van der Waals surface area (Å²) in [7, 11) is 0. The number of hydrogen-bond donors (Lipinski definition) is 2. The summed E-state index contributed by atoms with van der Waals surface area (Å²) in [5.41, 5.74) is 2.38. The number of nitrogens with one attached hydrogen (secondary N) is 2. The van der Waals surface area contributed by atoms with Crippen molar-refractivity contribution in [1.82, 2.24) is 5.32 Å². The average molecular weight is 375 g/mol. The second-order valence-electron chi connectivity index (χ2n) is 6.40. The lowest BCUT2D eigenvalue weighted by atomic mass is 10.0. The number of carbonyl (C=O) groups excluding carboxylic acids is 2. The van der Waals surface area contributed by atoms with Crippen LogP contribution in [0.15, 0.2) is 48.5 Å². The van der Waals surface area contributed by atoms with E-state index in [0.717, 1.165) is 11.1 Å². The number of halogens is 1. The molecule has 0 heterocycles. The quantitative estimate of drug-likeness (QED) is 0.780. The summed E-state index contributed by atoms with van der Waals surface area (Å²) in [5, 5.41) is 5.83. The molecule has 0 bridgehead atoms. The van der Waals surface area contributed by atoms with Gasteiger partial charge in [0.25, 0.3) is 0 Å². The van der Waals surface area contributed by atoms with Crippen LogP contribution < -0.4 is 10.6 Å². The van der Waals surface area contributed by atoms with Crippen molar-refractivity contribution < 1.29 is 14.3 Å². The van der Waals surface area contributed by atoms with Gasteiger partial charge in [-0.1, -0.05) is 61.8 Å². The molecule has 0 aliphatic rings. The minimum Gasteiger partial charge on any atom is -0.445 e. The van der Waals surface area contributed by atoms with Crippen molar-refractivity contribution >= 4 is 29.3 Å². The van der Waals surface area contributed by atoms with Crippen molar-refractivity contribution in [2.75, 3.05) is 5.32 Å². The minimum atomic E-state index is -0.740. The number of anilines is 1. The Kier molecular flexibility index (Phi) is 7.04. The molecular weight excluding hydrogens is 352 g/mol. The molecule has 0 saturated heterocycles. The maximum atomic E-state index is 12.6. The molecule has 0 aliphatic carbocycles. The van der Waals surface area contributed by atoms with Gasteiger partial charge in [-0.05, 0) is 36.1 Å². The number of ether oxygens (including phenoxy) is 1. The number of amides is 2. The van der Waals surface area contributed by atoms with Crippen molar-refractivity contribution in [3.63, 3.8) is 0 Å². The standard InChI is InChI=1S/C20H23ClN2O3/c1-13(2)18(19(24)22-17-10-9-14(3)11-16(17)21)23-20(25)26-12-15-7-5-4-6-8-15/h4-11,13,18H,12H2,1-3H3,(H,22,24)(H,23,25)/t18-/m0/s1. The molecule has 26 heavy (non-hydrogen) atoms. The summed E-state index contributed by atoms with van der Waals surface area (Å²) < 4.78 is 5.19. The maximum absolute atomic E-state index is 12.6. The van der Waals surface area contributed by atoms with Crippen molar-refractivity contribution in [3.8, 4) is 0 Å². The zero-order chi connectivity index (χ0) is 19.1. The highest BCUT2D eigenvalue weighted by molar-refractivity contribution is 6.33. The number of hydrogen-bond acceptors (Lipinski definition) is 3. The van der Waals surface area contributed by atoms with E-state index in [0.29, 0.717) is 10.7 Å². The molecule has 2 rings (SSSR count). The van der Waals surface area contributed by atoms with Gasteiger partial charge in [-0.3, -0.25) is 4.79 Å². The van der Waals surface area contributed by atoms with E-state index in [1.807, 2.05) is 57.2 Å². The Morgan fingerprint density at radius 3 is 2.42 bits per heavy atom. The van der Waals surface area contributed by atoms with Gasteiger partial charge in [0.05, 0.1) is 10.7 Å². The Morgan fingerprint density at radius 1 is 1.12 bits per heavy atom. The minimum absolute atomic E-state index is 0.122. The van der Waals surface area contributed by atoms with Crippen LogP contribution in [0.4, 0.5) is 10.5 Å². The van der Waals surface area contributed by atoms with Gasteiger partial charge < -0.3 is 15.4 Å². The average Bonchev–Trinajstić information content (AvgIpc) is 2.60. The van der Waals surface area contributed by atoms with Crippen LogP contribution in [-0.4, -0.2) is 18.0 Å². The Hall–Kier alpha value is -2.53. The molecule has 0 unspecified atom stereocenters. The molecule has 0 fully saturated rings. The number of benzene rings is 2. The first-order valence-corrected chi connectivity index (χ1v) is 8.79. The highest BCUT2D eigenvalue weighted by atomic mass is 35.5. The molecule has 2 amide bonds. The van der Waals surface area contributed by atoms with E-state index in [4.69, 9.17) is 16.3 Å². The van der Waals surface area contributed by atoms with E-state index in [-0.39, 0.29) is 18.4 Å². The summed E-state index contributed by atoms with van der Waals surface area (Å²) in [6.07, 6.45) is -0.641. The molecule has 0 radical (unpaired) electrons. The molecule has 2 N–H and O–H groups in total. The maximum Gasteiger partial charge on any atom is 0.408 e. The topological polar surface area (TPSA) is 67.4 Å². The van der Waals surface area contributed by atoms with E-state index in [1.165, 1.54) is 0 Å². The van der Waals surface area contributed by atoms with E-state index >= 15 is 0 Å². The Labute approximate surface area is 158 Å². The highest BCUT2D eigenvalue weighted by Crippen LogP contribution is 2.23. The molecule has 5 nitrogen and oxygen atoms in total. The van der Waals surface area contributed by atoms with Gasteiger partial charge in [0.15, 0.2) is 0 Å². The number of alkyl carbamates (subject to hydrolysis) is 1. The van der Waals surface area contributed by atoms with Crippen LogP contribution in [-0.2, 0) is 16.1 Å². The lowest BCUT2D eigenvalue weighted by Crippen LogP contribution is -2.47. The molecule has 0 spiro atoms. The summed E-state index contributed by atoms with van der Waals surface area (Å²) in [6.45, 7) is 5.75. The van der Waals surface area contributed by atoms with Crippen LogP contribution in [0, 0.1) is 12.8 Å². The third-order valence-electron chi connectivity index (χ3n) is 3.82. The third-order valence-corrected chi connectivity index (χ3v) is 4.13. The Morgan fingerprint density at radius 2 is 1.81 bits per heavy atom. The molecule has 2 aromatic rings. The lowest BCUT2D eigenvalue weighted by molar-refractivity contribution is -0.119. The molecule has 0 aliphatic heterocycles. The Bertz CT molecular complexity index is 763. The van der Waals surface area contributed by atoms with Crippen LogP contribution in [0.25, 0.3) is 0 Å². The van der Waals surface area contributed by atoms with Crippen molar-refractivity contribution in [2.24, 2.45) is 5.92 Å². The zero-order valence-corrected chi connectivity index (χ0v) is 15.8. The van der Waals surface area contributed by atoms with E-state index in [9.17, 15) is 9.59 Å². The molecule has 2 aromatic carbocycles. The predicted octanol–water partition coefficient (Wildman–Crippen LogP) is 4.54. The van der Waals surface area contributed by atoms with Crippen molar-refractivity contribution in [1.29, 1.82) is 0 Å². The number of carbonyl (C=O) groups is 2. The van der Waals surface area contributed by atoms with Gasteiger partial charge in [0, 0.05) is 0 Å². The van der Waals surface area contributed by atoms with Crippen LogP contribution in [0.3, 0.4) is 0 Å². The smallest absolute Gasteiger partial charge is 0.408 e. The second kappa shape index (κ2) is 9.25. The summed E-state index contributed by atoms with van der Waals surface area (Å²) in [6, 6.07) is 14.0. The zero-order valence-electron chi connectivity index (χ0n) is 15.1. The lowest BCUT2D eigenvalue weighted by Gasteiger charge is -2.21. The SMILES string of the molecule is Cc1ccc(NC(=O)[C@@H](NC(=O)OCc2ccccc2)C(C)C)c(Cl)c1. The molecule has 138 valence electrons. The normalized spacial score (nSPS) is 11.7. The van der Waals surface area contributed by atoms with Gasteiger partial charge in [-0.2, -0.15) is 0 Å². The predicted molar refractivity (Wildman–Crippen MR) is 103 cm³/mol. The van der Waals surface area contributed by atoms with Gasteiger partial charge in [-0.25, -0.2) is 4.79 Å². The summed E-state index contributed by atoms with van der Waals surface area (Å²) in [5.74, 6) is -0.467. The van der Waals surface area contributed by atoms with Gasteiger partial charge >= 0.3 is 6.09 Å². The first kappa shape index (κ1) is 19.8. The monoisotopic (exact) mass is 374 g/mol. The first-order chi connectivity index (χ1) is 12.4. The number of rotatable bonds is 6. The largest absolute Gasteiger partial charge is 0.445 e. The highest BCUT2D eigenvalue weighted by Gasteiger charge is 2.25. The number of aryl methyl sites for hydroxylation is 1. The summed E-state index contributed by atoms with van der Waals surface area (Å²) >= 11 is 6.15. The fourth-order valence-corrected chi connectivity index (χ4v) is 2.64. The van der Waals surface area contributed by atoms with Crippen LogP contribution in [0.5, 0.6) is 0 Å². The van der Waals surface area contributed by atoms with Crippen LogP contribution in [0.2, 0.25) is 5.02 Å². The van der Waals surface area contributed by atoms with Gasteiger partial charge in [-0.15, -0.1) is 0 Å². The molecule has 0 aromatic heterocycles. The molecular formula is C20H23ClN2O3. The van der Waals surface area contributed by atoms with E-state index in [2.05, 4.69) is 10.6 Å². The second-order valence-corrected chi connectivity index (χ2v) is 6.81. The van der Waals surface area contributed by atoms with Gasteiger partial charge in [0.1, 0.15) is 12.6 Å². The van der Waals surface area contributed by atoms with Gasteiger partial charge in [0.2, 0.25) is 5.91 Å². The Balaban J connectivity index is 1.96. The van der Waals surface area contributed by atoms with Crippen molar-refractivity contribution in [3.05, 3.63) is 64.7 Å². The summed E-state index contributed by atoms with van der Waals surface area (Å²) in [4.78, 5) is 24.6. The molecule has 0 saturated carbocycles. The molecule has 1 atom stereocenters. The first-order valence-electron chi connectivity index (χ1n) is 8.41. The molecule has 6 heteroatoms. The third kappa shape index (κ3) is 5.77. The van der Waals surface area contributed by atoms with E-state index < -0.39 is 12.1 Å². The van der Waals surface area contributed by atoms with Crippen LogP contribution in [0.1, 0.15) is 25.0 Å². The fraction of sp³-hybridized carbons (Fsp3) is 0.300. The van der Waals surface area contributed by atoms with Crippen molar-refractivity contribution in [2.45, 2.75) is 33.4 Å². The van der Waals surface area contributed by atoms with Crippen LogP contribution >= 0.6 is 11.6 Å². The fourth-order valence-electron chi connectivity index (χ4n) is 2.36. The van der Waals surface area contributed by atoms with E-state index in [1.54, 1.807) is 12.1 Å².